The lowest BCUT2D eigenvalue weighted by Gasteiger charge is -2.02. The molecule has 15 heavy (non-hydrogen) atoms. The molecule has 1 unspecified atom stereocenters. The molecule has 1 atom stereocenters. The van der Waals surface area contributed by atoms with E-state index in [1.807, 2.05) is 24.3 Å². The van der Waals surface area contributed by atoms with Gasteiger partial charge < -0.3 is 4.74 Å². The summed E-state index contributed by atoms with van der Waals surface area (Å²) in [7, 11) is 4.33. The van der Waals surface area contributed by atoms with Crippen molar-refractivity contribution in [2.45, 2.75) is 6.92 Å². The van der Waals surface area contributed by atoms with Crippen LogP contribution in [-0.2, 0) is 0 Å². The molecular formula is C12H14BrOP. The Balaban J connectivity index is 3.02. The Morgan fingerprint density at radius 1 is 1.40 bits per heavy atom. The van der Waals surface area contributed by atoms with Crippen LogP contribution in [0, 0.1) is 0 Å². The van der Waals surface area contributed by atoms with Crippen molar-refractivity contribution >= 4 is 30.7 Å². The lowest BCUT2D eigenvalue weighted by Crippen LogP contribution is -1.83. The fraction of sp³-hybridized carbons (Fsp3) is 0.250. The molecule has 1 aromatic rings. The topological polar surface area (TPSA) is 9.23 Å². The number of benzene rings is 1. The highest BCUT2D eigenvalue weighted by atomic mass is 79.9. The zero-order valence-corrected chi connectivity index (χ0v) is 11.6. The van der Waals surface area contributed by atoms with Gasteiger partial charge in [-0.25, -0.2) is 0 Å². The third-order valence-electron chi connectivity index (χ3n) is 2.02. The fourth-order valence-corrected chi connectivity index (χ4v) is 1.54. The van der Waals surface area contributed by atoms with Crippen molar-refractivity contribution in [3.05, 3.63) is 40.9 Å². The highest BCUT2D eigenvalue weighted by molar-refractivity contribution is 9.09. The van der Waals surface area contributed by atoms with Gasteiger partial charge in [0.15, 0.2) is 0 Å². The molecule has 0 amide bonds. The molecule has 0 aliphatic carbocycles. The van der Waals surface area contributed by atoms with Gasteiger partial charge in [-0.2, -0.15) is 0 Å². The molecule has 0 saturated heterocycles. The van der Waals surface area contributed by atoms with Crippen molar-refractivity contribution in [2.75, 3.05) is 12.4 Å². The smallest absolute Gasteiger partial charge is 0.118 e. The van der Waals surface area contributed by atoms with Gasteiger partial charge in [0.2, 0.25) is 0 Å². The maximum absolute atomic E-state index is 5.10. The maximum atomic E-state index is 5.10. The van der Waals surface area contributed by atoms with Crippen LogP contribution < -0.4 is 4.74 Å². The Labute approximate surface area is 102 Å². The molecule has 0 N–H and O–H groups in total. The maximum Gasteiger partial charge on any atom is 0.118 e. The second-order valence-electron chi connectivity index (χ2n) is 3.14. The predicted molar refractivity (Wildman–Crippen MR) is 72.6 cm³/mol. The molecule has 1 nitrogen and oxygen atoms in total. The number of ether oxygens (including phenoxy) is 1. The fourth-order valence-electron chi connectivity index (χ4n) is 1.19. The molecular weight excluding hydrogens is 271 g/mol. The number of methoxy groups -OCH3 is 1. The monoisotopic (exact) mass is 284 g/mol. The molecule has 0 heterocycles. The van der Waals surface area contributed by atoms with Gasteiger partial charge in [0, 0.05) is 5.33 Å². The Hall–Kier alpha value is -0.550. The molecule has 0 fully saturated rings. The Bertz CT molecular complexity index is 389. The molecule has 0 spiro atoms. The molecule has 3 heteroatoms. The van der Waals surface area contributed by atoms with E-state index in [1.54, 1.807) is 7.11 Å². The number of hydrogen-bond donors (Lipinski definition) is 0. The number of allylic oxidation sites excluding steroid dienone is 1. The summed E-state index contributed by atoms with van der Waals surface area (Å²) in [6, 6.07) is 7.98. The highest BCUT2D eigenvalue weighted by Gasteiger charge is 1.95. The van der Waals surface area contributed by atoms with Crippen LogP contribution in [0.4, 0.5) is 0 Å². The van der Waals surface area contributed by atoms with E-state index in [9.17, 15) is 0 Å². The molecule has 80 valence electrons. The number of rotatable bonds is 3. The van der Waals surface area contributed by atoms with Crippen molar-refractivity contribution in [2.24, 2.45) is 0 Å². The predicted octanol–water partition coefficient (Wildman–Crippen LogP) is 3.85. The number of hydrogen-bond acceptors (Lipinski definition) is 1. The van der Waals surface area contributed by atoms with Crippen LogP contribution >= 0.6 is 25.2 Å². The zero-order chi connectivity index (χ0) is 11.3. The summed E-state index contributed by atoms with van der Waals surface area (Å²) >= 11 is 3.38. The van der Waals surface area contributed by atoms with Gasteiger partial charge in [0.05, 0.1) is 7.11 Å². The first-order valence-electron chi connectivity index (χ1n) is 4.59. The normalized spacial score (nSPS) is 9.33. The van der Waals surface area contributed by atoms with Gasteiger partial charge in [-0.3, -0.25) is 0 Å². The third-order valence-corrected chi connectivity index (χ3v) is 3.57. The van der Waals surface area contributed by atoms with Crippen LogP contribution in [-0.4, -0.2) is 12.4 Å². The van der Waals surface area contributed by atoms with Crippen molar-refractivity contribution in [1.82, 2.24) is 0 Å². The highest BCUT2D eigenvalue weighted by Crippen LogP contribution is 2.19. The van der Waals surface area contributed by atoms with Crippen LogP contribution in [0.3, 0.4) is 0 Å². The van der Waals surface area contributed by atoms with Gasteiger partial charge in [0.25, 0.3) is 0 Å². The molecule has 0 aromatic heterocycles. The molecule has 1 aromatic carbocycles. The summed E-state index contributed by atoms with van der Waals surface area (Å²) in [5.74, 6) is 0.877. The van der Waals surface area contributed by atoms with Crippen LogP contribution in [0.5, 0.6) is 5.75 Å². The van der Waals surface area contributed by atoms with Gasteiger partial charge in [-0.05, 0) is 35.5 Å². The first kappa shape index (κ1) is 12.5. The average molecular weight is 285 g/mol. The summed E-state index contributed by atoms with van der Waals surface area (Å²) in [6.07, 6.45) is 0. The van der Waals surface area contributed by atoms with E-state index in [4.69, 9.17) is 4.74 Å². The lowest BCUT2D eigenvalue weighted by molar-refractivity contribution is 0.415. The van der Waals surface area contributed by atoms with Crippen LogP contribution in [0.2, 0.25) is 0 Å². The average Bonchev–Trinajstić information content (AvgIpc) is 2.29. The molecule has 0 aliphatic rings. The van der Waals surface area contributed by atoms with Crippen LogP contribution in [0.15, 0.2) is 35.3 Å². The first-order valence-corrected chi connectivity index (χ1v) is 6.29. The quantitative estimate of drug-likeness (QED) is 0.465. The summed E-state index contributed by atoms with van der Waals surface area (Å²) in [5.41, 5.74) is 5.58. The van der Waals surface area contributed by atoms with Crippen molar-refractivity contribution in [1.29, 1.82) is 0 Å². The van der Waals surface area contributed by atoms with E-state index in [2.05, 4.69) is 37.8 Å². The second kappa shape index (κ2) is 6.12. The van der Waals surface area contributed by atoms with Gasteiger partial charge in [-0.1, -0.05) is 28.1 Å². The SMILES string of the molecule is COc1ccc(C(C)=C=C(P)CBr)cc1. The number of halogens is 1. The first-order chi connectivity index (χ1) is 7.17. The van der Waals surface area contributed by atoms with E-state index in [0.717, 1.165) is 27.5 Å². The molecule has 0 bridgehead atoms. The standard InChI is InChI=1S/C12H14BrOP/c1-9(7-12(15)8-13)10-3-5-11(14-2)6-4-10/h3-6H,8,15H2,1-2H3. The zero-order valence-electron chi connectivity index (χ0n) is 8.88. The van der Waals surface area contributed by atoms with E-state index in [0.29, 0.717) is 0 Å². The van der Waals surface area contributed by atoms with E-state index >= 15 is 0 Å². The van der Waals surface area contributed by atoms with E-state index in [-0.39, 0.29) is 0 Å². The minimum atomic E-state index is 0.825. The third kappa shape index (κ3) is 3.83. The minimum absolute atomic E-state index is 0.825. The molecule has 0 radical (unpaired) electrons. The van der Waals surface area contributed by atoms with Gasteiger partial charge in [-0.15, -0.1) is 15.0 Å². The molecule has 0 saturated carbocycles. The Kier molecular flexibility index (Phi) is 5.11. The second-order valence-corrected chi connectivity index (χ2v) is 4.40. The van der Waals surface area contributed by atoms with E-state index in [1.165, 1.54) is 0 Å². The summed E-state index contributed by atoms with van der Waals surface area (Å²) in [5, 5.41) is 1.94. The largest absolute Gasteiger partial charge is 0.497 e. The Morgan fingerprint density at radius 2 is 2.00 bits per heavy atom. The summed E-state index contributed by atoms with van der Waals surface area (Å²) in [4.78, 5) is 0. The van der Waals surface area contributed by atoms with Crippen molar-refractivity contribution in [3.8, 4) is 5.75 Å². The Morgan fingerprint density at radius 3 is 2.47 bits per heavy atom. The van der Waals surface area contributed by atoms with Gasteiger partial charge in [0.1, 0.15) is 5.75 Å². The summed E-state index contributed by atoms with van der Waals surface area (Å²) in [6.45, 7) is 2.05. The van der Waals surface area contributed by atoms with Crippen molar-refractivity contribution < 1.29 is 4.74 Å². The lowest BCUT2D eigenvalue weighted by atomic mass is 10.1. The molecule has 1 rings (SSSR count). The minimum Gasteiger partial charge on any atom is -0.497 e. The van der Waals surface area contributed by atoms with Crippen LogP contribution in [0.1, 0.15) is 12.5 Å². The van der Waals surface area contributed by atoms with Crippen LogP contribution in [0.25, 0.3) is 5.57 Å². The van der Waals surface area contributed by atoms with E-state index < -0.39 is 0 Å². The number of alkyl halides is 1. The summed E-state index contributed by atoms with van der Waals surface area (Å²) < 4.78 is 5.10. The van der Waals surface area contributed by atoms with Gasteiger partial charge >= 0.3 is 0 Å². The van der Waals surface area contributed by atoms with Crippen molar-refractivity contribution in [3.63, 3.8) is 0 Å². The molecule has 0 aliphatic heterocycles.